The first-order valence-corrected chi connectivity index (χ1v) is 12.8. The predicted octanol–water partition coefficient (Wildman–Crippen LogP) is 6.55. The predicted molar refractivity (Wildman–Crippen MR) is 151 cm³/mol. The molecule has 2 amide bonds. The number of hydrogen-bond donors (Lipinski definition) is 2. The van der Waals surface area contributed by atoms with Crippen LogP contribution in [0.4, 0.5) is 0 Å². The van der Waals surface area contributed by atoms with E-state index in [9.17, 15) is 9.59 Å². The van der Waals surface area contributed by atoms with E-state index in [0.29, 0.717) is 27.2 Å². The minimum absolute atomic E-state index is 0.172. The van der Waals surface area contributed by atoms with Crippen molar-refractivity contribution in [1.82, 2.24) is 15.3 Å². The molecule has 0 aliphatic carbocycles. The molecule has 2 N–H and O–H groups in total. The van der Waals surface area contributed by atoms with Crippen LogP contribution in [-0.4, -0.2) is 28.6 Å². The number of hydrazone groups is 1. The fourth-order valence-electron chi connectivity index (χ4n) is 3.98. The molecule has 3 aromatic carbocycles. The molecule has 4 rings (SSSR count). The Kier molecular flexibility index (Phi) is 8.54. The highest BCUT2D eigenvalue weighted by Gasteiger charge is 2.25. The van der Waals surface area contributed by atoms with E-state index in [1.54, 1.807) is 36.5 Å². The molecule has 6 nitrogen and oxygen atoms in total. The van der Waals surface area contributed by atoms with Crippen LogP contribution in [-0.2, 0) is 11.3 Å². The monoisotopic (exact) mass is 554 g/mol. The van der Waals surface area contributed by atoms with Crippen molar-refractivity contribution >= 4 is 63.7 Å². The van der Waals surface area contributed by atoms with Gasteiger partial charge in [0.1, 0.15) is 6.04 Å². The van der Waals surface area contributed by atoms with Gasteiger partial charge in [-0.2, -0.15) is 5.10 Å². The van der Waals surface area contributed by atoms with Gasteiger partial charge >= 0.3 is 0 Å². The maximum absolute atomic E-state index is 12.9. The van der Waals surface area contributed by atoms with Gasteiger partial charge in [-0.05, 0) is 41.8 Å². The highest BCUT2D eigenvalue weighted by atomic mass is 35.5. The van der Waals surface area contributed by atoms with E-state index in [1.165, 1.54) is 0 Å². The van der Waals surface area contributed by atoms with Gasteiger partial charge in [-0.25, -0.2) is 5.43 Å². The van der Waals surface area contributed by atoms with E-state index < -0.39 is 17.9 Å². The number of rotatable bonds is 8. The molecule has 190 valence electrons. The third kappa shape index (κ3) is 6.34. The zero-order valence-corrected chi connectivity index (χ0v) is 22.5. The van der Waals surface area contributed by atoms with Crippen LogP contribution in [0.15, 0.2) is 78.0 Å². The lowest BCUT2D eigenvalue weighted by Gasteiger charge is -2.20. The Labute approximate surface area is 230 Å². The van der Waals surface area contributed by atoms with Gasteiger partial charge in [-0.1, -0.05) is 85.0 Å². The molecule has 0 saturated heterocycles. The van der Waals surface area contributed by atoms with Crippen molar-refractivity contribution in [1.29, 1.82) is 0 Å². The lowest BCUT2D eigenvalue weighted by molar-refractivity contribution is -0.123. The zero-order chi connectivity index (χ0) is 26.5. The highest BCUT2D eigenvalue weighted by molar-refractivity contribution is 6.42. The zero-order valence-electron chi connectivity index (χ0n) is 20.2. The number of aromatic nitrogens is 1. The van der Waals surface area contributed by atoms with Gasteiger partial charge in [-0.3, -0.25) is 9.59 Å². The van der Waals surface area contributed by atoms with E-state index in [2.05, 4.69) is 20.4 Å². The summed E-state index contributed by atoms with van der Waals surface area (Å²) in [6.07, 6.45) is 3.56. The van der Waals surface area contributed by atoms with Crippen LogP contribution in [0.5, 0.6) is 0 Å². The van der Waals surface area contributed by atoms with Crippen LogP contribution in [0.1, 0.15) is 35.3 Å². The quantitative estimate of drug-likeness (QED) is 0.191. The standard InChI is InChI=1S/C28H25Cl3N4O2/c1-17(2)26(33-27(36)21-8-3-5-9-22(21)29)28(37)34-32-14-19-16-35(25-10-6-4-7-20(19)25)15-18-11-12-23(30)24(31)13-18/h3-14,16-17,26H,15H2,1-2H3,(H,33,36)(H,34,37)/b32-14-. The maximum Gasteiger partial charge on any atom is 0.262 e. The van der Waals surface area contributed by atoms with Crippen molar-refractivity contribution in [2.45, 2.75) is 26.4 Å². The van der Waals surface area contributed by atoms with Crippen LogP contribution in [0.2, 0.25) is 15.1 Å². The number of nitrogens with one attached hydrogen (secondary N) is 2. The van der Waals surface area contributed by atoms with Crippen LogP contribution in [0.3, 0.4) is 0 Å². The molecule has 9 heteroatoms. The Bertz CT molecular complexity index is 1480. The second-order valence-electron chi connectivity index (χ2n) is 8.89. The van der Waals surface area contributed by atoms with Gasteiger partial charge in [0, 0.05) is 29.2 Å². The molecule has 0 aliphatic rings. The number of halogens is 3. The molecule has 0 radical (unpaired) electrons. The van der Waals surface area contributed by atoms with Crippen molar-refractivity contribution in [3.63, 3.8) is 0 Å². The molecule has 0 fully saturated rings. The van der Waals surface area contributed by atoms with E-state index in [0.717, 1.165) is 22.0 Å². The molecule has 0 saturated carbocycles. The molecule has 0 aliphatic heterocycles. The third-order valence-corrected chi connectivity index (χ3v) is 6.96. The topological polar surface area (TPSA) is 75.5 Å². The molecule has 1 unspecified atom stereocenters. The van der Waals surface area contributed by atoms with Crippen LogP contribution < -0.4 is 10.7 Å². The summed E-state index contributed by atoms with van der Waals surface area (Å²) < 4.78 is 2.08. The summed E-state index contributed by atoms with van der Waals surface area (Å²) in [5.41, 5.74) is 5.71. The van der Waals surface area contributed by atoms with Gasteiger partial charge in [-0.15, -0.1) is 0 Å². The molecule has 1 heterocycles. The fourth-order valence-corrected chi connectivity index (χ4v) is 4.52. The number of fused-ring (bicyclic) bond motifs is 1. The molecule has 1 aromatic heterocycles. The Hall–Kier alpha value is -3.32. The first kappa shape index (κ1) is 26.7. The second kappa shape index (κ2) is 11.8. The summed E-state index contributed by atoms with van der Waals surface area (Å²) in [6, 6.07) is 19.4. The lowest BCUT2D eigenvalue weighted by Crippen LogP contribution is -2.48. The van der Waals surface area contributed by atoms with Gasteiger partial charge in [0.05, 0.1) is 26.8 Å². The summed E-state index contributed by atoms with van der Waals surface area (Å²) in [7, 11) is 0. The van der Waals surface area contributed by atoms with E-state index in [1.807, 2.05) is 56.4 Å². The normalized spacial score (nSPS) is 12.3. The van der Waals surface area contributed by atoms with Crippen LogP contribution >= 0.6 is 34.8 Å². The molecule has 0 bridgehead atoms. The Morgan fingerprint density at radius 2 is 1.68 bits per heavy atom. The van der Waals surface area contributed by atoms with Crippen molar-refractivity contribution in [2.24, 2.45) is 11.0 Å². The minimum atomic E-state index is -0.795. The van der Waals surface area contributed by atoms with E-state index >= 15 is 0 Å². The first-order chi connectivity index (χ1) is 17.7. The number of para-hydroxylation sites is 1. The fraction of sp³-hybridized carbons (Fsp3) is 0.179. The van der Waals surface area contributed by atoms with Gasteiger partial charge < -0.3 is 9.88 Å². The van der Waals surface area contributed by atoms with Crippen LogP contribution in [0.25, 0.3) is 10.9 Å². The third-order valence-electron chi connectivity index (χ3n) is 5.89. The largest absolute Gasteiger partial charge is 0.342 e. The second-order valence-corrected chi connectivity index (χ2v) is 10.1. The van der Waals surface area contributed by atoms with E-state index in [-0.39, 0.29) is 5.92 Å². The SMILES string of the molecule is CC(C)C(NC(=O)c1ccccc1Cl)C(=O)N/N=C\c1cn(Cc2ccc(Cl)c(Cl)c2)c2ccccc12. The molecule has 1 atom stereocenters. The van der Waals surface area contributed by atoms with Crippen LogP contribution in [0, 0.1) is 5.92 Å². The number of nitrogens with zero attached hydrogens (tertiary/aromatic N) is 2. The Balaban J connectivity index is 1.50. The van der Waals surface area contributed by atoms with Gasteiger partial charge in [0.2, 0.25) is 0 Å². The minimum Gasteiger partial charge on any atom is -0.342 e. The smallest absolute Gasteiger partial charge is 0.262 e. The lowest BCUT2D eigenvalue weighted by atomic mass is 10.0. The summed E-state index contributed by atoms with van der Waals surface area (Å²) in [4.78, 5) is 25.6. The maximum atomic E-state index is 12.9. The first-order valence-electron chi connectivity index (χ1n) is 11.6. The molecule has 4 aromatic rings. The molecule has 37 heavy (non-hydrogen) atoms. The van der Waals surface area contributed by atoms with Gasteiger partial charge in [0.15, 0.2) is 0 Å². The number of amides is 2. The average Bonchev–Trinajstić information content (AvgIpc) is 3.22. The van der Waals surface area contributed by atoms with Gasteiger partial charge in [0.25, 0.3) is 11.8 Å². The highest BCUT2D eigenvalue weighted by Crippen LogP contribution is 2.25. The molecular weight excluding hydrogens is 531 g/mol. The average molecular weight is 556 g/mol. The number of carbonyl (C=O) groups excluding carboxylic acids is 2. The van der Waals surface area contributed by atoms with Crippen molar-refractivity contribution in [3.8, 4) is 0 Å². The summed E-state index contributed by atoms with van der Waals surface area (Å²) in [6.45, 7) is 4.27. The molecular formula is C28H25Cl3N4O2. The number of carbonyl (C=O) groups is 2. The number of hydrogen-bond acceptors (Lipinski definition) is 3. The van der Waals surface area contributed by atoms with Crippen molar-refractivity contribution in [2.75, 3.05) is 0 Å². The summed E-state index contributed by atoms with van der Waals surface area (Å²) in [5.74, 6) is -1.02. The summed E-state index contributed by atoms with van der Waals surface area (Å²) in [5, 5.41) is 9.25. The number of benzene rings is 3. The van der Waals surface area contributed by atoms with E-state index in [4.69, 9.17) is 34.8 Å². The summed E-state index contributed by atoms with van der Waals surface area (Å²) >= 11 is 18.4. The van der Waals surface area contributed by atoms with Crippen molar-refractivity contribution < 1.29 is 9.59 Å². The Morgan fingerprint density at radius 3 is 2.41 bits per heavy atom. The Morgan fingerprint density at radius 1 is 0.946 bits per heavy atom. The van der Waals surface area contributed by atoms with Crippen molar-refractivity contribution in [3.05, 3.63) is 105 Å². The molecule has 0 spiro atoms.